The Balaban J connectivity index is 1.79. The minimum Gasteiger partial charge on any atom is -0.303 e. The Labute approximate surface area is 106 Å². The summed E-state index contributed by atoms with van der Waals surface area (Å²) >= 11 is 1.38. The maximum atomic E-state index is 11.8. The van der Waals surface area contributed by atoms with E-state index in [4.69, 9.17) is 0 Å². The Bertz CT molecular complexity index is 388. The summed E-state index contributed by atoms with van der Waals surface area (Å²) in [6, 6.07) is 9.36. The fourth-order valence-corrected chi connectivity index (χ4v) is 3.23. The molecule has 17 heavy (non-hydrogen) atoms. The van der Waals surface area contributed by atoms with Gasteiger partial charge in [0.1, 0.15) is 6.29 Å². The molecular weight excluding hydrogens is 232 g/mol. The zero-order valence-corrected chi connectivity index (χ0v) is 10.5. The molecule has 1 saturated carbocycles. The van der Waals surface area contributed by atoms with Crippen LogP contribution < -0.4 is 0 Å². The van der Waals surface area contributed by atoms with Crippen molar-refractivity contribution < 1.29 is 9.59 Å². The standard InChI is InChI=1S/C14H16O2S/c15-9-11-6-7-12(8-11)10-17-14(16)13-4-2-1-3-5-13/h1-5,9,11-12H,6-8,10H2. The first-order chi connectivity index (χ1) is 8.29. The second-order valence-corrected chi connectivity index (χ2v) is 5.53. The Morgan fingerprint density at radius 3 is 2.71 bits per heavy atom. The van der Waals surface area contributed by atoms with Crippen LogP contribution in [0.5, 0.6) is 0 Å². The van der Waals surface area contributed by atoms with Crippen LogP contribution in [-0.2, 0) is 4.79 Å². The first-order valence-corrected chi connectivity index (χ1v) is 6.95. The van der Waals surface area contributed by atoms with E-state index in [1.165, 1.54) is 11.8 Å². The van der Waals surface area contributed by atoms with E-state index in [0.29, 0.717) is 5.92 Å². The minimum atomic E-state index is 0.139. The van der Waals surface area contributed by atoms with Crippen LogP contribution >= 0.6 is 11.8 Å². The third kappa shape index (κ3) is 3.43. The number of carbonyl (C=O) groups excluding carboxylic acids is 2. The van der Waals surface area contributed by atoms with Gasteiger partial charge in [0.15, 0.2) is 0 Å². The summed E-state index contributed by atoms with van der Waals surface area (Å²) in [5, 5.41) is 0.139. The molecule has 0 radical (unpaired) electrons. The van der Waals surface area contributed by atoms with Crippen molar-refractivity contribution >= 4 is 23.2 Å². The predicted octanol–water partition coefficient (Wildman–Crippen LogP) is 3.18. The normalized spacial score (nSPS) is 23.5. The molecule has 0 N–H and O–H groups in total. The molecule has 1 aliphatic rings. The maximum absolute atomic E-state index is 11.8. The summed E-state index contributed by atoms with van der Waals surface area (Å²) in [5.74, 6) is 1.60. The molecule has 0 aromatic heterocycles. The zero-order chi connectivity index (χ0) is 12.1. The lowest BCUT2D eigenvalue weighted by atomic mass is 10.1. The second kappa shape index (κ2) is 6.01. The van der Waals surface area contributed by atoms with Gasteiger partial charge in [-0.25, -0.2) is 0 Å². The Morgan fingerprint density at radius 2 is 2.06 bits per heavy atom. The van der Waals surface area contributed by atoms with Gasteiger partial charge in [-0.2, -0.15) is 0 Å². The molecule has 0 bridgehead atoms. The molecule has 0 saturated heterocycles. The third-order valence-corrected chi connectivity index (χ3v) is 4.37. The molecule has 2 nitrogen and oxygen atoms in total. The molecule has 1 fully saturated rings. The first-order valence-electron chi connectivity index (χ1n) is 5.97. The molecule has 1 aromatic rings. The van der Waals surface area contributed by atoms with Crippen LogP contribution in [0.15, 0.2) is 30.3 Å². The van der Waals surface area contributed by atoms with Gasteiger partial charge in [-0.05, 0) is 25.2 Å². The Morgan fingerprint density at radius 1 is 1.29 bits per heavy atom. The quantitative estimate of drug-likeness (QED) is 0.767. The van der Waals surface area contributed by atoms with E-state index in [1.807, 2.05) is 30.3 Å². The van der Waals surface area contributed by atoms with Gasteiger partial charge in [-0.1, -0.05) is 42.1 Å². The van der Waals surface area contributed by atoms with Gasteiger partial charge in [0, 0.05) is 17.2 Å². The van der Waals surface area contributed by atoms with Crippen molar-refractivity contribution in [3.05, 3.63) is 35.9 Å². The predicted molar refractivity (Wildman–Crippen MR) is 70.1 cm³/mol. The van der Waals surface area contributed by atoms with Crippen LogP contribution in [0.1, 0.15) is 29.6 Å². The molecule has 2 unspecified atom stereocenters. The van der Waals surface area contributed by atoms with Gasteiger partial charge >= 0.3 is 0 Å². The molecule has 2 rings (SSSR count). The highest BCUT2D eigenvalue weighted by atomic mass is 32.2. The van der Waals surface area contributed by atoms with Gasteiger partial charge < -0.3 is 4.79 Å². The number of hydrogen-bond donors (Lipinski definition) is 0. The lowest BCUT2D eigenvalue weighted by Crippen LogP contribution is -2.03. The molecule has 2 atom stereocenters. The van der Waals surface area contributed by atoms with Gasteiger partial charge in [-0.15, -0.1) is 0 Å². The molecule has 0 spiro atoms. The van der Waals surface area contributed by atoms with Crippen LogP contribution in [-0.4, -0.2) is 17.2 Å². The van der Waals surface area contributed by atoms with Crippen molar-refractivity contribution in [2.24, 2.45) is 11.8 Å². The van der Waals surface area contributed by atoms with Crippen molar-refractivity contribution in [2.45, 2.75) is 19.3 Å². The smallest absolute Gasteiger partial charge is 0.219 e. The highest BCUT2D eigenvalue weighted by Crippen LogP contribution is 2.32. The van der Waals surface area contributed by atoms with Gasteiger partial charge in [0.2, 0.25) is 5.12 Å². The summed E-state index contributed by atoms with van der Waals surface area (Å²) in [6.45, 7) is 0. The van der Waals surface area contributed by atoms with E-state index < -0.39 is 0 Å². The summed E-state index contributed by atoms with van der Waals surface area (Å²) in [6.07, 6.45) is 4.09. The zero-order valence-electron chi connectivity index (χ0n) is 9.67. The average molecular weight is 248 g/mol. The maximum Gasteiger partial charge on any atom is 0.219 e. The minimum absolute atomic E-state index is 0.139. The number of hydrogen-bond acceptors (Lipinski definition) is 3. The van der Waals surface area contributed by atoms with E-state index in [-0.39, 0.29) is 11.0 Å². The fourth-order valence-electron chi connectivity index (χ4n) is 2.24. The molecule has 0 heterocycles. The summed E-state index contributed by atoms with van der Waals surface area (Å²) in [7, 11) is 0. The molecule has 3 heteroatoms. The highest BCUT2D eigenvalue weighted by molar-refractivity contribution is 8.14. The SMILES string of the molecule is O=CC1CCC(CSC(=O)c2ccccc2)C1. The topological polar surface area (TPSA) is 34.1 Å². The molecular formula is C14H16O2S. The largest absolute Gasteiger partial charge is 0.303 e. The summed E-state index contributed by atoms with van der Waals surface area (Å²) in [4.78, 5) is 22.5. The van der Waals surface area contributed by atoms with Crippen LogP contribution in [0, 0.1) is 11.8 Å². The number of carbonyl (C=O) groups is 2. The lowest BCUT2D eigenvalue weighted by Gasteiger charge is -2.07. The number of benzene rings is 1. The monoisotopic (exact) mass is 248 g/mol. The van der Waals surface area contributed by atoms with Gasteiger partial charge in [0.05, 0.1) is 0 Å². The number of rotatable bonds is 4. The number of thioether (sulfide) groups is 1. The number of aldehydes is 1. The molecule has 90 valence electrons. The second-order valence-electron chi connectivity index (χ2n) is 4.54. The molecule has 1 aliphatic carbocycles. The van der Waals surface area contributed by atoms with Crippen molar-refractivity contribution in [1.29, 1.82) is 0 Å². The average Bonchev–Trinajstić information content (AvgIpc) is 2.85. The van der Waals surface area contributed by atoms with Crippen LogP contribution in [0.3, 0.4) is 0 Å². The van der Waals surface area contributed by atoms with Crippen LogP contribution in [0.4, 0.5) is 0 Å². The lowest BCUT2D eigenvalue weighted by molar-refractivity contribution is -0.110. The van der Waals surface area contributed by atoms with E-state index in [0.717, 1.165) is 36.9 Å². The van der Waals surface area contributed by atoms with E-state index in [9.17, 15) is 9.59 Å². The van der Waals surface area contributed by atoms with E-state index >= 15 is 0 Å². The van der Waals surface area contributed by atoms with Crippen LogP contribution in [0.25, 0.3) is 0 Å². The van der Waals surface area contributed by atoms with Crippen molar-refractivity contribution in [2.75, 3.05) is 5.75 Å². The van der Waals surface area contributed by atoms with Crippen molar-refractivity contribution in [1.82, 2.24) is 0 Å². The van der Waals surface area contributed by atoms with E-state index in [1.54, 1.807) is 0 Å². The fraction of sp³-hybridized carbons (Fsp3) is 0.429. The van der Waals surface area contributed by atoms with Gasteiger partial charge in [-0.3, -0.25) is 4.79 Å². The molecule has 0 aliphatic heterocycles. The van der Waals surface area contributed by atoms with Crippen LogP contribution in [0.2, 0.25) is 0 Å². The van der Waals surface area contributed by atoms with Crippen molar-refractivity contribution in [3.63, 3.8) is 0 Å². The van der Waals surface area contributed by atoms with Crippen molar-refractivity contribution in [3.8, 4) is 0 Å². The molecule has 1 aromatic carbocycles. The summed E-state index contributed by atoms with van der Waals surface area (Å²) in [5.41, 5.74) is 0.766. The third-order valence-electron chi connectivity index (χ3n) is 3.23. The highest BCUT2D eigenvalue weighted by Gasteiger charge is 2.24. The van der Waals surface area contributed by atoms with E-state index in [2.05, 4.69) is 0 Å². The van der Waals surface area contributed by atoms with Gasteiger partial charge in [0.25, 0.3) is 0 Å². The first kappa shape index (κ1) is 12.4. The molecule has 0 amide bonds. The Hall–Kier alpha value is -1.09. The summed E-state index contributed by atoms with van der Waals surface area (Å²) < 4.78 is 0. The Kier molecular flexibility index (Phi) is 4.37.